The summed E-state index contributed by atoms with van der Waals surface area (Å²) in [5, 5.41) is 0. The summed E-state index contributed by atoms with van der Waals surface area (Å²) in [5.41, 5.74) is 15.3. The number of hydrogen-bond acceptors (Lipinski definition) is 3. The Balaban J connectivity index is 1.90. The van der Waals surface area contributed by atoms with Gasteiger partial charge in [0.05, 0.1) is 0 Å². The van der Waals surface area contributed by atoms with Crippen molar-refractivity contribution in [3.63, 3.8) is 0 Å². The predicted octanol–water partition coefficient (Wildman–Crippen LogP) is 4.31. The lowest BCUT2D eigenvalue weighted by molar-refractivity contribution is 0.483. The van der Waals surface area contributed by atoms with E-state index in [0.29, 0.717) is 11.4 Å². The summed E-state index contributed by atoms with van der Waals surface area (Å²) in [6.45, 7) is 0. The first-order valence-electron chi connectivity index (χ1n) is 6.71. The third-order valence-electron chi connectivity index (χ3n) is 3.20. The molecular weight excluding hydrogens is 260 g/mol. The van der Waals surface area contributed by atoms with E-state index in [1.54, 1.807) is 0 Å². The molecule has 0 saturated carbocycles. The number of anilines is 2. The third kappa shape index (κ3) is 2.98. The van der Waals surface area contributed by atoms with E-state index < -0.39 is 0 Å². The number of para-hydroxylation sites is 1. The van der Waals surface area contributed by atoms with Crippen LogP contribution in [0.15, 0.2) is 72.8 Å². The molecule has 0 aliphatic carbocycles. The van der Waals surface area contributed by atoms with Crippen molar-refractivity contribution in [3.8, 4) is 22.6 Å². The van der Waals surface area contributed by atoms with E-state index in [9.17, 15) is 0 Å². The molecule has 0 bridgehead atoms. The van der Waals surface area contributed by atoms with E-state index in [4.69, 9.17) is 16.2 Å². The van der Waals surface area contributed by atoms with E-state index in [1.165, 1.54) is 0 Å². The zero-order valence-corrected chi connectivity index (χ0v) is 11.5. The van der Waals surface area contributed by atoms with Gasteiger partial charge in [0.2, 0.25) is 0 Å². The number of benzene rings is 3. The summed E-state index contributed by atoms with van der Waals surface area (Å²) in [4.78, 5) is 0. The maximum Gasteiger partial charge on any atom is 0.129 e. The van der Waals surface area contributed by atoms with Gasteiger partial charge in [0.25, 0.3) is 0 Å². The van der Waals surface area contributed by atoms with E-state index in [0.717, 1.165) is 22.6 Å². The molecule has 3 aromatic rings. The quantitative estimate of drug-likeness (QED) is 0.701. The highest BCUT2D eigenvalue weighted by molar-refractivity contribution is 5.79. The normalized spacial score (nSPS) is 10.3. The van der Waals surface area contributed by atoms with Crippen LogP contribution in [0, 0.1) is 0 Å². The van der Waals surface area contributed by atoms with Gasteiger partial charge in [0.15, 0.2) is 0 Å². The second-order valence-corrected chi connectivity index (χ2v) is 4.79. The van der Waals surface area contributed by atoms with Gasteiger partial charge in [0, 0.05) is 23.0 Å². The summed E-state index contributed by atoms with van der Waals surface area (Å²) in [6, 6.07) is 23.0. The molecule has 0 saturated heterocycles. The molecule has 4 N–H and O–H groups in total. The first-order chi connectivity index (χ1) is 10.2. The third-order valence-corrected chi connectivity index (χ3v) is 3.20. The van der Waals surface area contributed by atoms with Gasteiger partial charge in [-0.25, -0.2) is 0 Å². The van der Waals surface area contributed by atoms with Gasteiger partial charge in [-0.3, -0.25) is 0 Å². The van der Waals surface area contributed by atoms with Crippen molar-refractivity contribution in [3.05, 3.63) is 72.8 Å². The molecule has 0 fully saturated rings. The van der Waals surface area contributed by atoms with Crippen molar-refractivity contribution in [2.24, 2.45) is 0 Å². The highest BCUT2D eigenvalue weighted by Gasteiger charge is 2.05. The molecule has 0 aliphatic heterocycles. The molecule has 0 aliphatic rings. The van der Waals surface area contributed by atoms with E-state index in [-0.39, 0.29) is 0 Å². The fourth-order valence-corrected chi connectivity index (χ4v) is 2.20. The lowest BCUT2D eigenvalue weighted by atomic mass is 10.0. The second-order valence-electron chi connectivity index (χ2n) is 4.79. The molecule has 3 aromatic carbocycles. The van der Waals surface area contributed by atoms with Crippen LogP contribution in [0.1, 0.15) is 0 Å². The van der Waals surface area contributed by atoms with Crippen LogP contribution in [0.2, 0.25) is 0 Å². The van der Waals surface area contributed by atoms with E-state index in [1.807, 2.05) is 72.8 Å². The highest BCUT2D eigenvalue weighted by atomic mass is 16.5. The number of nitrogen functional groups attached to an aromatic ring is 2. The topological polar surface area (TPSA) is 61.3 Å². The molecular formula is C18H16N2O. The van der Waals surface area contributed by atoms with Gasteiger partial charge >= 0.3 is 0 Å². The summed E-state index contributed by atoms with van der Waals surface area (Å²) >= 11 is 0. The maximum atomic E-state index is 6.14. The van der Waals surface area contributed by atoms with Crippen LogP contribution < -0.4 is 16.2 Å². The lowest BCUT2D eigenvalue weighted by Crippen LogP contribution is -1.93. The number of ether oxygens (including phenoxy) is 1. The van der Waals surface area contributed by atoms with E-state index in [2.05, 4.69) is 0 Å². The average Bonchev–Trinajstić information content (AvgIpc) is 2.48. The Morgan fingerprint density at radius 1 is 0.667 bits per heavy atom. The van der Waals surface area contributed by atoms with Crippen molar-refractivity contribution in [1.29, 1.82) is 0 Å². The van der Waals surface area contributed by atoms with Gasteiger partial charge < -0.3 is 16.2 Å². The SMILES string of the molecule is Nc1cccc(-c2ccc(Oc3ccccc3)cc2N)c1. The molecule has 3 nitrogen and oxygen atoms in total. The molecule has 0 heterocycles. The van der Waals surface area contributed by atoms with Crippen LogP contribution in [0.3, 0.4) is 0 Å². The standard InChI is InChI=1S/C18H16N2O/c19-14-6-4-5-13(11-14)17-10-9-16(12-18(17)20)21-15-7-2-1-3-8-15/h1-12H,19-20H2. The molecule has 0 radical (unpaired) electrons. The Kier molecular flexibility index (Phi) is 3.48. The summed E-state index contributed by atoms with van der Waals surface area (Å²) in [5.74, 6) is 1.50. The van der Waals surface area contributed by atoms with Gasteiger partial charge in [0.1, 0.15) is 11.5 Å². The van der Waals surface area contributed by atoms with Gasteiger partial charge in [-0.15, -0.1) is 0 Å². The van der Waals surface area contributed by atoms with Crippen LogP contribution in [-0.2, 0) is 0 Å². The molecule has 104 valence electrons. The molecule has 0 spiro atoms. The molecule has 0 amide bonds. The smallest absolute Gasteiger partial charge is 0.129 e. The Morgan fingerprint density at radius 3 is 2.19 bits per heavy atom. The Morgan fingerprint density at radius 2 is 1.48 bits per heavy atom. The average molecular weight is 276 g/mol. The fourth-order valence-electron chi connectivity index (χ4n) is 2.20. The lowest BCUT2D eigenvalue weighted by Gasteiger charge is -2.10. The van der Waals surface area contributed by atoms with Crippen LogP contribution in [0.5, 0.6) is 11.5 Å². The molecule has 3 heteroatoms. The molecule has 0 atom stereocenters. The highest BCUT2D eigenvalue weighted by Crippen LogP contribution is 2.32. The van der Waals surface area contributed by atoms with E-state index >= 15 is 0 Å². The minimum atomic E-state index is 0.661. The second kappa shape index (κ2) is 5.59. The van der Waals surface area contributed by atoms with Crippen molar-refractivity contribution < 1.29 is 4.74 Å². The summed E-state index contributed by atoms with van der Waals surface area (Å²) in [7, 11) is 0. The molecule has 3 rings (SSSR count). The van der Waals surface area contributed by atoms with Crippen LogP contribution in [0.4, 0.5) is 11.4 Å². The largest absolute Gasteiger partial charge is 0.457 e. The van der Waals surface area contributed by atoms with Crippen molar-refractivity contribution in [1.82, 2.24) is 0 Å². The van der Waals surface area contributed by atoms with Crippen molar-refractivity contribution >= 4 is 11.4 Å². The van der Waals surface area contributed by atoms with Crippen LogP contribution in [-0.4, -0.2) is 0 Å². The summed E-state index contributed by atoms with van der Waals surface area (Å²) in [6.07, 6.45) is 0. The maximum absolute atomic E-state index is 6.14. The Hall–Kier alpha value is -2.94. The monoisotopic (exact) mass is 276 g/mol. The molecule has 21 heavy (non-hydrogen) atoms. The fraction of sp³-hybridized carbons (Fsp3) is 0. The Labute approximate surface area is 123 Å². The van der Waals surface area contributed by atoms with Gasteiger partial charge in [-0.2, -0.15) is 0 Å². The zero-order chi connectivity index (χ0) is 14.7. The minimum absolute atomic E-state index is 0.661. The van der Waals surface area contributed by atoms with Crippen LogP contribution >= 0.6 is 0 Å². The Bertz CT molecular complexity index is 754. The van der Waals surface area contributed by atoms with Crippen molar-refractivity contribution in [2.75, 3.05) is 11.5 Å². The van der Waals surface area contributed by atoms with Crippen LogP contribution in [0.25, 0.3) is 11.1 Å². The zero-order valence-electron chi connectivity index (χ0n) is 11.5. The minimum Gasteiger partial charge on any atom is -0.457 e. The van der Waals surface area contributed by atoms with Crippen molar-refractivity contribution in [2.45, 2.75) is 0 Å². The molecule has 0 unspecified atom stereocenters. The summed E-state index contributed by atoms with van der Waals surface area (Å²) < 4.78 is 5.77. The van der Waals surface area contributed by atoms with Gasteiger partial charge in [-0.05, 0) is 42.0 Å². The predicted molar refractivity (Wildman–Crippen MR) is 87.2 cm³/mol. The van der Waals surface area contributed by atoms with Gasteiger partial charge in [-0.1, -0.05) is 30.3 Å². The molecule has 0 aromatic heterocycles. The first-order valence-corrected chi connectivity index (χ1v) is 6.71. The number of hydrogen-bond donors (Lipinski definition) is 2. The first kappa shape index (κ1) is 13.1. The number of rotatable bonds is 3. The number of nitrogens with two attached hydrogens (primary N) is 2.